The van der Waals surface area contributed by atoms with Crippen molar-refractivity contribution in [3.05, 3.63) is 206 Å². The first kappa shape index (κ1) is 32.7. The molecule has 0 radical (unpaired) electrons. The highest BCUT2D eigenvalue weighted by molar-refractivity contribution is 6.13. The zero-order valence-electron chi connectivity index (χ0n) is 30.8. The molecule has 268 valence electrons. The lowest BCUT2D eigenvalue weighted by atomic mass is 9.92. The van der Waals surface area contributed by atoms with Crippen LogP contribution in [0.1, 0.15) is 0 Å². The van der Waals surface area contributed by atoms with Crippen molar-refractivity contribution in [1.29, 1.82) is 0 Å². The Morgan fingerprint density at radius 1 is 0.333 bits per heavy atom. The Bertz CT molecular complexity index is 3100. The summed E-state index contributed by atoms with van der Waals surface area (Å²) in [6.07, 6.45) is 0. The minimum atomic E-state index is 0.602. The number of oxazole rings is 1. The van der Waals surface area contributed by atoms with Gasteiger partial charge in [-0.2, -0.15) is 0 Å². The number of aromatic nitrogens is 1. The van der Waals surface area contributed by atoms with E-state index in [1.807, 2.05) is 36.4 Å². The number of para-hydroxylation sites is 3. The molecule has 0 bridgehead atoms. The fourth-order valence-electron chi connectivity index (χ4n) is 8.16. The second-order valence-electron chi connectivity index (χ2n) is 14.3. The topological polar surface area (TPSA) is 42.4 Å². The van der Waals surface area contributed by atoms with Gasteiger partial charge in [0.15, 0.2) is 5.58 Å². The molecule has 4 nitrogen and oxygen atoms in total. The Labute approximate surface area is 329 Å². The van der Waals surface area contributed by atoms with Crippen LogP contribution in [0.5, 0.6) is 0 Å². The summed E-state index contributed by atoms with van der Waals surface area (Å²) in [4.78, 5) is 7.27. The first-order valence-corrected chi connectivity index (χ1v) is 19.2. The minimum absolute atomic E-state index is 0.602. The lowest BCUT2D eigenvalue weighted by molar-refractivity contribution is 0.620. The second-order valence-corrected chi connectivity index (χ2v) is 14.3. The van der Waals surface area contributed by atoms with E-state index in [0.29, 0.717) is 5.89 Å². The first-order valence-electron chi connectivity index (χ1n) is 19.2. The van der Waals surface area contributed by atoms with Gasteiger partial charge in [-0.3, -0.25) is 0 Å². The summed E-state index contributed by atoms with van der Waals surface area (Å²) in [5, 5.41) is 4.29. The molecule has 11 aromatic rings. The minimum Gasteiger partial charge on any atom is -0.456 e. The maximum atomic E-state index is 6.59. The fraction of sp³-hybridized carbons (Fsp3) is 0. The smallest absolute Gasteiger partial charge is 0.227 e. The lowest BCUT2D eigenvalue weighted by Gasteiger charge is -2.29. The highest BCUT2D eigenvalue weighted by Gasteiger charge is 2.23. The molecule has 0 aliphatic carbocycles. The van der Waals surface area contributed by atoms with E-state index in [2.05, 4.69) is 175 Å². The number of benzene rings is 9. The summed E-state index contributed by atoms with van der Waals surface area (Å²) in [5.74, 6) is 0.602. The Morgan fingerprint density at radius 3 is 1.47 bits per heavy atom. The third-order valence-electron chi connectivity index (χ3n) is 10.9. The van der Waals surface area contributed by atoms with Crippen LogP contribution in [0.2, 0.25) is 0 Å². The van der Waals surface area contributed by atoms with Gasteiger partial charge in [0, 0.05) is 33.3 Å². The third kappa shape index (κ3) is 5.74. The average molecular weight is 731 g/mol. The predicted molar refractivity (Wildman–Crippen MR) is 235 cm³/mol. The zero-order valence-corrected chi connectivity index (χ0v) is 30.8. The molecule has 57 heavy (non-hydrogen) atoms. The maximum absolute atomic E-state index is 6.59. The van der Waals surface area contributed by atoms with E-state index in [1.54, 1.807) is 0 Å². The van der Waals surface area contributed by atoms with Crippen LogP contribution in [0.4, 0.5) is 17.1 Å². The Hall–Kier alpha value is -7.69. The highest BCUT2D eigenvalue weighted by atomic mass is 16.3. The van der Waals surface area contributed by atoms with Crippen LogP contribution in [0.25, 0.3) is 88.6 Å². The van der Waals surface area contributed by atoms with E-state index in [4.69, 9.17) is 13.8 Å². The summed E-state index contributed by atoms with van der Waals surface area (Å²) in [6.45, 7) is 0. The van der Waals surface area contributed by atoms with Crippen LogP contribution >= 0.6 is 0 Å². The number of hydrogen-bond acceptors (Lipinski definition) is 4. The maximum Gasteiger partial charge on any atom is 0.227 e. The van der Waals surface area contributed by atoms with Crippen molar-refractivity contribution in [3.8, 4) is 44.8 Å². The van der Waals surface area contributed by atoms with Crippen molar-refractivity contribution in [2.75, 3.05) is 4.90 Å². The highest BCUT2D eigenvalue weighted by Crippen LogP contribution is 2.47. The number of nitrogens with zero attached hydrogens (tertiary/aromatic N) is 2. The molecule has 0 aliphatic heterocycles. The summed E-state index contributed by atoms with van der Waals surface area (Å²) >= 11 is 0. The van der Waals surface area contributed by atoms with Gasteiger partial charge >= 0.3 is 0 Å². The molecule has 2 heterocycles. The Balaban J connectivity index is 1.16. The van der Waals surface area contributed by atoms with E-state index in [0.717, 1.165) is 88.7 Å². The van der Waals surface area contributed by atoms with E-state index in [9.17, 15) is 0 Å². The van der Waals surface area contributed by atoms with E-state index in [-0.39, 0.29) is 0 Å². The van der Waals surface area contributed by atoms with Crippen LogP contribution in [0.15, 0.2) is 215 Å². The molecule has 11 rings (SSSR count). The molecule has 9 aromatic carbocycles. The normalized spacial score (nSPS) is 11.5. The number of furan rings is 1. The molecule has 0 fully saturated rings. The summed E-state index contributed by atoms with van der Waals surface area (Å²) in [7, 11) is 0. The van der Waals surface area contributed by atoms with Crippen molar-refractivity contribution in [1.82, 2.24) is 4.98 Å². The van der Waals surface area contributed by atoms with Gasteiger partial charge in [-0.25, -0.2) is 4.98 Å². The van der Waals surface area contributed by atoms with Gasteiger partial charge in [-0.15, -0.1) is 0 Å². The van der Waals surface area contributed by atoms with Gasteiger partial charge < -0.3 is 13.7 Å². The molecule has 0 atom stereocenters. The predicted octanol–water partition coefficient (Wildman–Crippen LogP) is 15.0. The van der Waals surface area contributed by atoms with E-state index < -0.39 is 0 Å². The van der Waals surface area contributed by atoms with Gasteiger partial charge in [-0.05, 0) is 99.3 Å². The van der Waals surface area contributed by atoms with Gasteiger partial charge in [0.05, 0.1) is 5.69 Å². The van der Waals surface area contributed by atoms with Crippen molar-refractivity contribution in [2.45, 2.75) is 0 Å². The van der Waals surface area contributed by atoms with Crippen LogP contribution < -0.4 is 4.90 Å². The van der Waals surface area contributed by atoms with Gasteiger partial charge in [0.2, 0.25) is 5.89 Å². The molecule has 0 saturated heterocycles. The fourth-order valence-corrected chi connectivity index (χ4v) is 8.16. The van der Waals surface area contributed by atoms with Crippen molar-refractivity contribution in [3.63, 3.8) is 0 Å². The van der Waals surface area contributed by atoms with E-state index >= 15 is 0 Å². The lowest BCUT2D eigenvalue weighted by Crippen LogP contribution is -2.11. The van der Waals surface area contributed by atoms with Crippen molar-refractivity contribution < 1.29 is 8.83 Å². The molecule has 0 saturated carbocycles. The third-order valence-corrected chi connectivity index (χ3v) is 10.9. The van der Waals surface area contributed by atoms with Gasteiger partial charge in [0.1, 0.15) is 16.7 Å². The molecule has 0 spiro atoms. The molecule has 2 aromatic heterocycles. The second kappa shape index (κ2) is 13.6. The summed E-state index contributed by atoms with van der Waals surface area (Å²) in [5.41, 5.74) is 14.2. The molecular weight excluding hydrogens is 697 g/mol. The molecule has 0 N–H and O–H groups in total. The van der Waals surface area contributed by atoms with Crippen LogP contribution in [0.3, 0.4) is 0 Å². The van der Waals surface area contributed by atoms with Crippen molar-refractivity contribution in [2.24, 2.45) is 0 Å². The number of hydrogen-bond donors (Lipinski definition) is 0. The zero-order chi connectivity index (χ0) is 37.7. The average Bonchev–Trinajstić information content (AvgIpc) is 3.88. The summed E-state index contributed by atoms with van der Waals surface area (Å²) in [6, 6.07) is 72.4. The molecule has 0 unspecified atom stereocenters. The molecular formula is C53H34N2O2. The van der Waals surface area contributed by atoms with Gasteiger partial charge in [-0.1, -0.05) is 146 Å². The number of anilines is 3. The summed E-state index contributed by atoms with van der Waals surface area (Å²) < 4.78 is 12.9. The van der Waals surface area contributed by atoms with Crippen LogP contribution in [-0.4, -0.2) is 4.98 Å². The van der Waals surface area contributed by atoms with Crippen molar-refractivity contribution >= 4 is 60.9 Å². The Morgan fingerprint density at radius 2 is 0.842 bits per heavy atom. The van der Waals surface area contributed by atoms with Crippen LogP contribution in [-0.2, 0) is 0 Å². The monoisotopic (exact) mass is 730 g/mol. The largest absolute Gasteiger partial charge is 0.456 e. The molecule has 0 amide bonds. The SMILES string of the molecule is c1ccc(-c2ccc(N(c3ccc(-c4ccccc4)cc3)c3cc4c(cc3-c3ccc(-c5nc6ccccc6o5)c5ccccc35)oc3ccccc34)cc2)cc1. The van der Waals surface area contributed by atoms with Crippen LogP contribution in [0, 0.1) is 0 Å². The quantitative estimate of drug-likeness (QED) is 0.164. The number of fused-ring (bicyclic) bond motifs is 5. The standard InChI is InChI=1S/C53H34N2O2/c1-3-13-35(14-4-1)37-23-27-39(28-24-37)55(40-29-25-38(26-30-40)36-15-5-2-6-16-36)49-33-47-44-19-9-11-21-50(44)56-52(47)34-46(49)43-31-32-45(42-18-8-7-17-41(42)43)53-54-48-20-10-12-22-51(48)57-53/h1-34H. The first-order chi connectivity index (χ1) is 28.2. The van der Waals surface area contributed by atoms with E-state index in [1.165, 1.54) is 11.1 Å². The Kier molecular flexibility index (Phi) is 7.78. The molecule has 4 heteroatoms. The number of rotatable bonds is 7. The van der Waals surface area contributed by atoms with Gasteiger partial charge in [0.25, 0.3) is 0 Å². The molecule has 0 aliphatic rings.